The smallest absolute Gasteiger partial charge is 0.256 e. The highest BCUT2D eigenvalue weighted by molar-refractivity contribution is 7.16. The highest BCUT2D eigenvalue weighted by Crippen LogP contribution is 2.46. The highest BCUT2D eigenvalue weighted by atomic mass is 32.1. The van der Waals surface area contributed by atoms with Crippen LogP contribution in [-0.2, 0) is 12.8 Å². The number of hydrogen-bond acceptors (Lipinski definition) is 4. The molecule has 0 spiro atoms. The number of thiophene rings is 1. The number of fused-ring (bicyclic) bond motifs is 3. The van der Waals surface area contributed by atoms with Gasteiger partial charge in [-0.25, -0.2) is 0 Å². The molecule has 2 aliphatic rings. The van der Waals surface area contributed by atoms with E-state index in [0.29, 0.717) is 17.9 Å². The number of amides is 1. The van der Waals surface area contributed by atoms with Crippen molar-refractivity contribution in [1.82, 2.24) is 5.32 Å². The normalized spacial score (nSPS) is 21.4. The van der Waals surface area contributed by atoms with E-state index >= 15 is 0 Å². The molecule has 4 nitrogen and oxygen atoms in total. The van der Waals surface area contributed by atoms with E-state index in [4.69, 9.17) is 4.74 Å². The van der Waals surface area contributed by atoms with Gasteiger partial charge in [-0.05, 0) is 60.8 Å². The molecular formula is C23H30N2O2S. The molecule has 1 amide bonds. The van der Waals surface area contributed by atoms with Crippen molar-refractivity contribution >= 4 is 22.2 Å². The van der Waals surface area contributed by atoms with E-state index in [1.807, 2.05) is 31.2 Å². The molecule has 0 saturated carbocycles. The van der Waals surface area contributed by atoms with Crippen molar-refractivity contribution in [2.75, 3.05) is 11.9 Å². The largest absolute Gasteiger partial charge is 0.494 e. The molecule has 28 heavy (non-hydrogen) atoms. The fourth-order valence-corrected chi connectivity index (χ4v) is 5.70. The summed E-state index contributed by atoms with van der Waals surface area (Å²) in [5, 5.41) is 7.74. The van der Waals surface area contributed by atoms with Gasteiger partial charge in [0.25, 0.3) is 5.91 Å². The summed E-state index contributed by atoms with van der Waals surface area (Å²) < 4.78 is 5.52. The summed E-state index contributed by atoms with van der Waals surface area (Å²) >= 11 is 1.78. The van der Waals surface area contributed by atoms with Crippen LogP contribution in [0.5, 0.6) is 5.75 Å². The third kappa shape index (κ3) is 3.41. The zero-order valence-corrected chi connectivity index (χ0v) is 18.0. The predicted octanol–water partition coefficient (Wildman–Crippen LogP) is 5.54. The number of benzene rings is 1. The van der Waals surface area contributed by atoms with E-state index in [2.05, 4.69) is 31.4 Å². The van der Waals surface area contributed by atoms with E-state index in [9.17, 15) is 4.79 Å². The predicted molar refractivity (Wildman–Crippen MR) is 115 cm³/mol. The number of anilines is 1. The maximum atomic E-state index is 12.9. The minimum Gasteiger partial charge on any atom is -0.494 e. The zero-order chi connectivity index (χ0) is 19.9. The molecule has 0 unspecified atom stereocenters. The van der Waals surface area contributed by atoms with Crippen LogP contribution >= 0.6 is 11.3 Å². The molecule has 2 heterocycles. The first-order valence-electron chi connectivity index (χ1n) is 10.4. The van der Waals surface area contributed by atoms with Gasteiger partial charge >= 0.3 is 0 Å². The van der Waals surface area contributed by atoms with Crippen molar-refractivity contribution in [3.8, 4) is 5.75 Å². The summed E-state index contributed by atoms with van der Waals surface area (Å²) in [5.41, 5.74) is 3.55. The Balaban J connectivity index is 1.57. The zero-order valence-electron chi connectivity index (χ0n) is 17.2. The molecule has 4 rings (SSSR count). The fourth-order valence-electron chi connectivity index (χ4n) is 4.34. The van der Waals surface area contributed by atoms with Crippen LogP contribution in [0.4, 0.5) is 5.00 Å². The second kappa shape index (κ2) is 7.43. The fraction of sp³-hybridized carbons (Fsp3) is 0.522. The van der Waals surface area contributed by atoms with Crippen molar-refractivity contribution in [2.24, 2.45) is 11.3 Å². The second-order valence-electron chi connectivity index (χ2n) is 8.54. The van der Waals surface area contributed by atoms with Gasteiger partial charge in [-0.15, -0.1) is 11.3 Å². The Kier molecular flexibility index (Phi) is 5.13. The quantitative estimate of drug-likeness (QED) is 0.695. The van der Waals surface area contributed by atoms with Crippen molar-refractivity contribution < 1.29 is 9.53 Å². The average molecular weight is 399 g/mol. The van der Waals surface area contributed by atoms with E-state index in [-0.39, 0.29) is 12.1 Å². The lowest BCUT2D eigenvalue weighted by Gasteiger charge is -2.36. The molecule has 0 radical (unpaired) electrons. The van der Waals surface area contributed by atoms with Crippen LogP contribution in [0.1, 0.15) is 73.1 Å². The van der Waals surface area contributed by atoms with Crippen molar-refractivity contribution in [3.63, 3.8) is 0 Å². The third-order valence-corrected chi connectivity index (χ3v) is 7.77. The molecule has 2 N–H and O–H groups in total. The molecule has 150 valence electrons. The van der Waals surface area contributed by atoms with Crippen LogP contribution in [0.2, 0.25) is 0 Å². The maximum absolute atomic E-state index is 12.9. The Hall–Kier alpha value is -2.01. The molecule has 2 aromatic rings. The summed E-state index contributed by atoms with van der Waals surface area (Å²) in [6, 6.07) is 7.95. The lowest BCUT2D eigenvalue weighted by molar-refractivity contribution is 0.0934. The Labute approximate surface area is 171 Å². The lowest BCUT2D eigenvalue weighted by Crippen LogP contribution is -2.38. The number of carbonyl (C=O) groups excluding carboxylic acids is 1. The van der Waals surface area contributed by atoms with Gasteiger partial charge in [0.15, 0.2) is 0 Å². The van der Waals surface area contributed by atoms with Gasteiger partial charge in [0.05, 0.1) is 12.2 Å². The first-order chi connectivity index (χ1) is 13.4. The first kappa shape index (κ1) is 19.3. The van der Waals surface area contributed by atoms with Gasteiger partial charge in [0.2, 0.25) is 0 Å². The first-order valence-corrected chi connectivity index (χ1v) is 11.2. The summed E-state index contributed by atoms with van der Waals surface area (Å²) in [6.07, 6.45) is 4.27. The molecular weight excluding hydrogens is 368 g/mol. The molecule has 5 heteroatoms. The summed E-state index contributed by atoms with van der Waals surface area (Å²) in [6.45, 7) is 9.67. The van der Waals surface area contributed by atoms with Gasteiger partial charge < -0.3 is 15.4 Å². The molecule has 0 bridgehead atoms. The van der Waals surface area contributed by atoms with Crippen LogP contribution < -0.4 is 15.4 Å². The molecule has 1 aromatic heterocycles. The maximum Gasteiger partial charge on any atom is 0.256 e. The monoisotopic (exact) mass is 398 g/mol. The summed E-state index contributed by atoms with van der Waals surface area (Å²) in [7, 11) is 0. The van der Waals surface area contributed by atoms with Gasteiger partial charge in [-0.1, -0.05) is 39.3 Å². The third-order valence-electron chi connectivity index (χ3n) is 6.58. The number of carbonyl (C=O) groups is 1. The standard InChI is InChI=1S/C23H30N2O2S/c1-5-23(3,4)15-9-12-17-18(13-15)28-22-19(17)21(26)24-20(25-22)14-7-10-16(11-8-14)27-6-2/h7-8,10-11,15,20,25H,5-6,9,12-13H2,1-4H3,(H,24,26)/t15-,20+/m1/s1. The summed E-state index contributed by atoms with van der Waals surface area (Å²) in [5.74, 6) is 1.60. The van der Waals surface area contributed by atoms with Crippen LogP contribution in [0, 0.1) is 11.3 Å². The minimum absolute atomic E-state index is 0.0540. The van der Waals surface area contributed by atoms with Crippen molar-refractivity contribution in [3.05, 3.63) is 45.8 Å². The van der Waals surface area contributed by atoms with Gasteiger partial charge in [0, 0.05) is 4.88 Å². The topological polar surface area (TPSA) is 50.4 Å². The van der Waals surface area contributed by atoms with Gasteiger partial charge in [-0.2, -0.15) is 0 Å². The van der Waals surface area contributed by atoms with Crippen LogP contribution in [0.25, 0.3) is 0 Å². The number of rotatable bonds is 5. The van der Waals surface area contributed by atoms with E-state index < -0.39 is 0 Å². The van der Waals surface area contributed by atoms with E-state index in [1.165, 1.54) is 23.3 Å². The molecule has 0 fully saturated rings. The Morgan fingerprint density at radius 2 is 1.93 bits per heavy atom. The second-order valence-corrected chi connectivity index (χ2v) is 9.65. The molecule has 1 aromatic carbocycles. The van der Waals surface area contributed by atoms with Crippen LogP contribution in [-0.4, -0.2) is 12.5 Å². The van der Waals surface area contributed by atoms with Gasteiger partial charge in [0.1, 0.15) is 16.9 Å². The van der Waals surface area contributed by atoms with Gasteiger partial charge in [-0.3, -0.25) is 4.79 Å². The van der Waals surface area contributed by atoms with Crippen LogP contribution in [0.3, 0.4) is 0 Å². The SMILES string of the molecule is CCOc1ccc([C@H]2NC(=O)c3c(sc4c3CC[C@@H](C(C)(C)CC)C4)N2)cc1. The van der Waals surface area contributed by atoms with E-state index in [1.54, 1.807) is 11.3 Å². The lowest BCUT2D eigenvalue weighted by atomic mass is 9.69. The Morgan fingerprint density at radius 1 is 1.18 bits per heavy atom. The Bertz CT molecular complexity index is 869. The molecule has 2 atom stereocenters. The highest BCUT2D eigenvalue weighted by Gasteiger charge is 2.37. The number of hydrogen-bond donors (Lipinski definition) is 2. The minimum atomic E-state index is -0.196. The van der Waals surface area contributed by atoms with E-state index in [0.717, 1.165) is 34.7 Å². The average Bonchev–Trinajstić information content (AvgIpc) is 3.07. The van der Waals surface area contributed by atoms with Crippen molar-refractivity contribution in [2.45, 2.75) is 59.5 Å². The Morgan fingerprint density at radius 3 is 2.61 bits per heavy atom. The van der Waals surface area contributed by atoms with Crippen LogP contribution in [0.15, 0.2) is 24.3 Å². The molecule has 0 saturated heterocycles. The molecule has 1 aliphatic heterocycles. The number of ether oxygens (including phenoxy) is 1. The molecule has 1 aliphatic carbocycles. The van der Waals surface area contributed by atoms with Crippen molar-refractivity contribution in [1.29, 1.82) is 0 Å². The summed E-state index contributed by atoms with van der Waals surface area (Å²) in [4.78, 5) is 14.3. The number of nitrogens with one attached hydrogen (secondary N) is 2.